The molecule has 4 heteroatoms. The summed E-state index contributed by atoms with van der Waals surface area (Å²) in [5.41, 5.74) is 2.93. The number of nitrogens with one attached hydrogen (secondary N) is 1. The highest BCUT2D eigenvalue weighted by molar-refractivity contribution is 7.99. The summed E-state index contributed by atoms with van der Waals surface area (Å²) in [6.07, 6.45) is 0. The molecule has 1 heterocycles. The highest BCUT2D eigenvalue weighted by Gasteiger charge is 2.28. The summed E-state index contributed by atoms with van der Waals surface area (Å²) in [5, 5.41) is 3.13. The summed E-state index contributed by atoms with van der Waals surface area (Å²) in [5.74, 6) is 0. The van der Waals surface area contributed by atoms with E-state index in [2.05, 4.69) is 17.4 Å². The standard InChI is InChI=1S/C21H18N2OS/c1-15(16-9-3-2-4-10-16)22-21(24)23-17-11-5-7-13-19(17)25-20-14-8-6-12-18(20)23/h2-15H,1H3,(H,22,24)/t15-/m0/s1. The summed E-state index contributed by atoms with van der Waals surface area (Å²) < 4.78 is 0. The topological polar surface area (TPSA) is 32.3 Å². The number of fused-ring (bicyclic) bond motifs is 2. The van der Waals surface area contributed by atoms with E-state index < -0.39 is 0 Å². The molecule has 0 fully saturated rings. The van der Waals surface area contributed by atoms with E-state index in [0.717, 1.165) is 26.7 Å². The highest BCUT2D eigenvalue weighted by atomic mass is 32.2. The van der Waals surface area contributed by atoms with Gasteiger partial charge in [-0.3, -0.25) is 4.90 Å². The second-order valence-electron chi connectivity index (χ2n) is 5.95. The van der Waals surface area contributed by atoms with Gasteiger partial charge in [-0.1, -0.05) is 66.4 Å². The maximum atomic E-state index is 13.1. The van der Waals surface area contributed by atoms with Crippen molar-refractivity contribution >= 4 is 29.2 Å². The molecule has 25 heavy (non-hydrogen) atoms. The zero-order valence-corrected chi connectivity index (χ0v) is 14.7. The van der Waals surface area contributed by atoms with Gasteiger partial charge in [0.1, 0.15) is 0 Å². The van der Waals surface area contributed by atoms with Crippen molar-refractivity contribution in [1.29, 1.82) is 0 Å². The van der Waals surface area contributed by atoms with Crippen molar-refractivity contribution < 1.29 is 4.79 Å². The number of amides is 2. The van der Waals surface area contributed by atoms with Crippen LogP contribution in [0.5, 0.6) is 0 Å². The fourth-order valence-electron chi connectivity index (χ4n) is 3.00. The van der Waals surface area contributed by atoms with Crippen LogP contribution in [0.25, 0.3) is 0 Å². The van der Waals surface area contributed by atoms with E-state index in [-0.39, 0.29) is 12.1 Å². The molecule has 1 N–H and O–H groups in total. The first-order chi connectivity index (χ1) is 12.2. The van der Waals surface area contributed by atoms with Gasteiger partial charge in [-0.05, 0) is 36.8 Å². The van der Waals surface area contributed by atoms with E-state index in [0.29, 0.717) is 0 Å². The molecule has 124 valence electrons. The van der Waals surface area contributed by atoms with Crippen molar-refractivity contribution in [3.8, 4) is 0 Å². The van der Waals surface area contributed by atoms with E-state index >= 15 is 0 Å². The van der Waals surface area contributed by atoms with Crippen LogP contribution in [0.2, 0.25) is 0 Å². The minimum atomic E-state index is -0.114. The van der Waals surface area contributed by atoms with Crippen LogP contribution >= 0.6 is 11.8 Å². The number of carbonyl (C=O) groups is 1. The van der Waals surface area contributed by atoms with E-state index in [1.165, 1.54) is 0 Å². The summed E-state index contributed by atoms with van der Waals surface area (Å²) >= 11 is 1.70. The van der Waals surface area contributed by atoms with Crippen molar-refractivity contribution in [3.63, 3.8) is 0 Å². The molecule has 0 saturated carbocycles. The second-order valence-corrected chi connectivity index (χ2v) is 7.04. The number of nitrogens with zero attached hydrogens (tertiary/aromatic N) is 1. The fraction of sp³-hybridized carbons (Fsp3) is 0.0952. The average molecular weight is 346 g/mol. The predicted octanol–water partition coefficient (Wildman–Crippen LogP) is 5.76. The number of benzene rings is 3. The van der Waals surface area contributed by atoms with Crippen LogP contribution in [0.1, 0.15) is 18.5 Å². The predicted molar refractivity (Wildman–Crippen MR) is 103 cm³/mol. The Morgan fingerprint density at radius 1 is 0.840 bits per heavy atom. The summed E-state index contributed by atoms with van der Waals surface area (Å²) in [7, 11) is 0. The fourth-order valence-corrected chi connectivity index (χ4v) is 4.06. The lowest BCUT2D eigenvalue weighted by atomic mass is 10.1. The van der Waals surface area contributed by atoms with Gasteiger partial charge in [-0.25, -0.2) is 4.79 Å². The zero-order valence-electron chi connectivity index (χ0n) is 13.8. The SMILES string of the molecule is C[C@H](NC(=O)N1c2ccccc2Sc2ccccc21)c1ccccc1. The molecular formula is C21H18N2OS. The molecule has 0 bridgehead atoms. The van der Waals surface area contributed by atoms with Gasteiger partial charge in [0, 0.05) is 9.79 Å². The summed E-state index contributed by atoms with van der Waals surface area (Å²) in [4.78, 5) is 17.1. The Morgan fingerprint density at radius 2 is 1.36 bits per heavy atom. The van der Waals surface area contributed by atoms with Crippen molar-refractivity contribution in [3.05, 3.63) is 84.4 Å². The maximum absolute atomic E-state index is 13.1. The monoisotopic (exact) mass is 346 g/mol. The van der Waals surface area contributed by atoms with Crippen molar-refractivity contribution in [2.24, 2.45) is 0 Å². The molecule has 0 spiro atoms. The molecule has 3 aromatic carbocycles. The van der Waals surface area contributed by atoms with Crippen LogP contribution in [0.15, 0.2) is 88.7 Å². The van der Waals surface area contributed by atoms with Gasteiger partial charge < -0.3 is 5.32 Å². The first-order valence-corrected chi connectivity index (χ1v) is 9.07. The number of hydrogen-bond donors (Lipinski definition) is 1. The molecule has 0 unspecified atom stereocenters. The van der Waals surface area contributed by atoms with E-state index in [4.69, 9.17) is 0 Å². The van der Waals surface area contributed by atoms with Crippen LogP contribution in [-0.4, -0.2) is 6.03 Å². The Labute approximate surface area is 151 Å². The van der Waals surface area contributed by atoms with Crippen LogP contribution < -0.4 is 10.2 Å². The Kier molecular flexibility index (Phi) is 4.20. The first-order valence-electron chi connectivity index (χ1n) is 8.25. The smallest absolute Gasteiger partial charge is 0.327 e. The van der Waals surface area contributed by atoms with Crippen LogP contribution in [-0.2, 0) is 0 Å². The normalized spacial score (nSPS) is 13.6. The van der Waals surface area contributed by atoms with Crippen molar-refractivity contribution in [2.75, 3.05) is 4.90 Å². The molecule has 3 nitrogen and oxygen atoms in total. The number of hydrogen-bond acceptors (Lipinski definition) is 2. The molecule has 1 aliphatic rings. The molecule has 0 aromatic heterocycles. The molecule has 1 atom stereocenters. The maximum Gasteiger partial charge on any atom is 0.327 e. The lowest BCUT2D eigenvalue weighted by Crippen LogP contribution is -2.39. The molecular weight excluding hydrogens is 328 g/mol. The molecule has 2 amide bonds. The van der Waals surface area contributed by atoms with Crippen LogP contribution in [0, 0.1) is 0 Å². The zero-order chi connectivity index (χ0) is 17.2. The Hall–Kier alpha value is -2.72. The lowest BCUT2D eigenvalue weighted by molar-refractivity contribution is 0.245. The Balaban J connectivity index is 1.68. The Morgan fingerprint density at radius 3 is 1.96 bits per heavy atom. The van der Waals surface area contributed by atoms with Gasteiger partial charge in [0.05, 0.1) is 17.4 Å². The average Bonchev–Trinajstić information content (AvgIpc) is 2.66. The van der Waals surface area contributed by atoms with E-state index in [1.807, 2.05) is 73.7 Å². The second kappa shape index (κ2) is 6.65. The first kappa shape index (κ1) is 15.8. The van der Waals surface area contributed by atoms with Crippen molar-refractivity contribution in [2.45, 2.75) is 22.8 Å². The molecule has 0 saturated heterocycles. The number of para-hydroxylation sites is 2. The third-order valence-electron chi connectivity index (χ3n) is 4.27. The largest absolute Gasteiger partial charge is 0.331 e. The molecule has 0 aliphatic carbocycles. The van der Waals surface area contributed by atoms with E-state index in [1.54, 1.807) is 16.7 Å². The molecule has 3 aromatic rings. The van der Waals surface area contributed by atoms with Gasteiger partial charge >= 0.3 is 6.03 Å². The third-order valence-corrected chi connectivity index (χ3v) is 5.41. The number of urea groups is 1. The lowest BCUT2D eigenvalue weighted by Gasteiger charge is -2.32. The third kappa shape index (κ3) is 3.01. The van der Waals surface area contributed by atoms with Gasteiger partial charge in [0.15, 0.2) is 0 Å². The van der Waals surface area contributed by atoms with Gasteiger partial charge in [0.2, 0.25) is 0 Å². The minimum Gasteiger partial charge on any atom is -0.331 e. The summed E-state index contributed by atoms with van der Waals surface area (Å²) in [6.45, 7) is 2.00. The number of carbonyl (C=O) groups excluding carboxylic acids is 1. The number of rotatable bonds is 2. The van der Waals surface area contributed by atoms with Gasteiger partial charge in [0.25, 0.3) is 0 Å². The highest BCUT2D eigenvalue weighted by Crippen LogP contribution is 2.47. The Bertz CT molecular complexity index is 865. The quantitative estimate of drug-likeness (QED) is 0.640. The minimum absolute atomic E-state index is 0.0670. The number of anilines is 2. The van der Waals surface area contributed by atoms with Gasteiger partial charge in [-0.2, -0.15) is 0 Å². The molecule has 1 aliphatic heterocycles. The van der Waals surface area contributed by atoms with Crippen LogP contribution in [0.4, 0.5) is 16.2 Å². The van der Waals surface area contributed by atoms with E-state index in [9.17, 15) is 4.79 Å². The van der Waals surface area contributed by atoms with Crippen LogP contribution in [0.3, 0.4) is 0 Å². The van der Waals surface area contributed by atoms with Crippen molar-refractivity contribution in [1.82, 2.24) is 5.32 Å². The molecule has 4 rings (SSSR count). The van der Waals surface area contributed by atoms with Gasteiger partial charge in [-0.15, -0.1) is 0 Å². The summed E-state index contributed by atoms with van der Waals surface area (Å²) in [6, 6.07) is 25.8. The molecule has 0 radical (unpaired) electrons.